The van der Waals surface area contributed by atoms with E-state index in [9.17, 15) is 14.4 Å². The Morgan fingerprint density at radius 2 is 1.97 bits per heavy atom. The molecule has 1 aromatic carbocycles. The van der Waals surface area contributed by atoms with Crippen LogP contribution in [0.1, 0.15) is 62.2 Å². The standard InChI is InChI=1S/C24H33N3O5/c1-3-4-22(28)26-16-7-10-20-18(11-16)24(30)27(2)19-9-8-17(32-21(19)14-31-20)12-23(29)25-13-15-5-6-15/h7,10-11,15,17,19,21H,3-6,8-9,12-14H2,1-2H3,(H,25,29)(H,26,28)/t17-,19-,21-/m0/s1. The number of hydrogen-bond acceptors (Lipinski definition) is 5. The van der Waals surface area contributed by atoms with Gasteiger partial charge in [-0.3, -0.25) is 14.4 Å². The highest BCUT2D eigenvalue weighted by Gasteiger charge is 2.39. The number of nitrogens with one attached hydrogen (secondary N) is 2. The van der Waals surface area contributed by atoms with E-state index in [-0.39, 0.29) is 36.0 Å². The first-order chi connectivity index (χ1) is 15.4. The van der Waals surface area contributed by atoms with Crippen molar-refractivity contribution in [2.45, 2.75) is 70.1 Å². The summed E-state index contributed by atoms with van der Waals surface area (Å²) in [6, 6.07) is 5.01. The number of amides is 3. The molecule has 0 radical (unpaired) electrons. The largest absolute Gasteiger partial charge is 0.490 e. The van der Waals surface area contributed by atoms with E-state index in [1.807, 2.05) is 6.92 Å². The van der Waals surface area contributed by atoms with Gasteiger partial charge in [-0.25, -0.2) is 0 Å². The summed E-state index contributed by atoms with van der Waals surface area (Å²) >= 11 is 0. The average molecular weight is 444 g/mol. The van der Waals surface area contributed by atoms with Gasteiger partial charge in [0.2, 0.25) is 11.8 Å². The van der Waals surface area contributed by atoms with Crippen LogP contribution in [0.4, 0.5) is 5.69 Å². The van der Waals surface area contributed by atoms with Crippen molar-refractivity contribution in [1.82, 2.24) is 10.2 Å². The van der Waals surface area contributed by atoms with Gasteiger partial charge in [0.1, 0.15) is 18.5 Å². The SMILES string of the molecule is CCCC(=O)Nc1ccc2c(c1)C(=O)N(C)[C@H]1CC[C@@H](CC(=O)NCC3CC3)O[C@H]1CO2. The zero-order chi connectivity index (χ0) is 22.7. The highest BCUT2D eigenvalue weighted by atomic mass is 16.5. The van der Waals surface area contributed by atoms with Crippen LogP contribution >= 0.6 is 0 Å². The van der Waals surface area contributed by atoms with Crippen LogP contribution in [0.2, 0.25) is 0 Å². The first kappa shape index (κ1) is 22.6. The predicted molar refractivity (Wildman–Crippen MR) is 120 cm³/mol. The van der Waals surface area contributed by atoms with Crippen molar-refractivity contribution in [3.8, 4) is 5.75 Å². The van der Waals surface area contributed by atoms with Crippen molar-refractivity contribution < 1.29 is 23.9 Å². The zero-order valence-corrected chi connectivity index (χ0v) is 18.9. The molecule has 1 saturated heterocycles. The summed E-state index contributed by atoms with van der Waals surface area (Å²) in [5, 5.41) is 5.84. The van der Waals surface area contributed by atoms with Crippen LogP contribution in [-0.2, 0) is 14.3 Å². The summed E-state index contributed by atoms with van der Waals surface area (Å²) in [4.78, 5) is 39.1. The van der Waals surface area contributed by atoms with Gasteiger partial charge in [-0.2, -0.15) is 0 Å². The van der Waals surface area contributed by atoms with Gasteiger partial charge < -0.3 is 25.0 Å². The van der Waals surface area contributed by atoms with Crippen LogP contribution < -0.4 is 15.4 Å². The van der Waals surface area contributed by atoms with Crippen molar-refractivity contribution in [1.29, 1.82) is 0 Å². The minimum Gasteiger partial charge on any atom is -0.490 e. The fourth-order valence-electron chi connectivity index (χ4n) is 4.41. The fraction of sp³-hybridized carbons (Fsp3) is 0.625. The number of ether oxygens (including phenoxy) is 2. The van der Waals surface area contributed by atoms with Gasteiger partial charge in [0.05, 0.1) is 24.1 Å². The Kier molecular flexibility index (Phi) is 6.98. The highest BCUT2D eigenvalue weighted by Crippen LogP contribution is 2.33. The lowest BCUT2D eigenvalue weighted by atomic mass is 9.94. The number of likely N-dealkylation sites (N-methyl/N-ethyl adjacent to an activating group) is 1. The molecular weight excluding hydrogens is 410 g/mol. The Morgan fingerprint density at radius 1 is 1.16 bits per heavy atom. The third kappa shape index (κ3) is 5.41. The molecule has 2 aliphatic heterocycles. The number of rotatable bonds is 7. The minimum atomic E-state index is -0.295. The zero-order valence-electron chi connectivity index (χ0n) is 18.9. The smallest absolute Gasteiger partial charge is 0.257 e. The maximum atomic E-state index is 13.2. The molecule has 2 heterocycles. The molecule has 0 aromatic heterocycles. The maximum Gasteiger partial charge on any atom is 0.257 e. The molecule has 8 heteroatoms. The van der Waals surface area contributed by atoms with Crippen LogP contribution in [0, 0.1) is 5.92 Å². The van der Waals surface area contributed by atoms with E-state index in [0.717, 1.165) is 25.8 Å². The van der Waals surface area contributed by atoms with E-state index in [1.165, 1.54) is 12.8 Å². The quantitative estimate of drug-likeness (QED) is 0.675. The molecule has 1 aliphatic carbocycles. The first-order valence-electron chi connectivity index (χ1n) is 11.7. The van der Waals surface area contributed by atoms with E-state index in [1.54, 1.807) is 30.1 Å². The van der Waals surface area contributed by atoms with Gasteiger partial charge in [0.15, 0.2) is 0 Å². The van der Waals surface area contributed by atoms with Crippen LogP contribution in [0.5, 0.6) is 5.75 Å². The molecule has 3 aliphatic rings. The normalized spacial score (nSPS) is 25.0. The molecule has 3 amide bonds. The van der Waals surface area contributed by atoms with Gasteiger partial charge in [0, 0.05) is 25.7 Å². The molecule has 0 bridgehead atoms. The molecule has 0 unspecified atom stereocenters. The van der Waals surface area contributed by atoms with Crippen molar-refractivity contribution in [3.63, 3.8) is 0 Å². The number of hydrogen-bond donors (Lipinski definition) is 2. The monoisotopic (exact) mass is 443 g/mol. The Morgan fingerprint density at radius 3 is 2.72 bits per heavy atom. The van der Waals surface area contributed by atoms with Crippen molar-refractivity contribution in [2.24, 2.45) is 5.92 Å². The Bertz CT molecular complexity index is 869. The molecule has 2 N–H and O–H groups in total. The molecule has 32 heavy (non-hydrogen) atoms. The molecule has 2 fully saturated rings. The van der Waals surface area contributed by atoms with Gasteiger partial charge in [-0.1, -0.05) is 6.92 Å². The van der Waals surface area contributed by atoms with E-state index in [4.69, 9.17) is 9.47 Å². The number of fused-ring (bicyclic) bond motifs is 2. The molecule has 1 aromatic rings. The third-order valence-electron chi connectivity index (χ3n) is 6.47. The number of nitrogens with zero attached hydrogens (tertiary/aromatic N) is 1. The maximum absolute atomic E-state index is 13.2. The lowest BCUT2D eigenvalue weighted by Crippen LogP contribution is -2.54. The fourth-order valence-corrected chi connectivity index (χ4v) is 4.41. The molecule has 3 atom stereocenters. The van der Waals surface area contributed by atoms with Crippen molar-refractivity contribution in [3.05, 3.63) is 23.8 Å². The summed E-state index contributed by atoms with van der Waals surface area (Å²) in [6.07, 6.45) is 4.94. The van der Waals surface area contributed by atoms with Crippen molar-refractivity contribution >= 4 is 23.4 Å². The molecule has 8 nitrogen and oxygen atoms in total. The number of carbonyl (C=O) groups is 3. The van der Waals surface area contributed by atoms with Crippen LogP contribution in [-0.4, -0.2) is 61.1 Å². The minimum absolute atomic E-state index is 0.0274. The van der Waals surface area contributed by atoms with Crippen molar-refractivity contribution in [2.75, 3.05) is 25.5 Å². The van der Waals surface area contributed by atoms with E-state index < -0.39 is 0 Å². The number of anilines is 1. The summed E-state index contributed by atoms with van der Waals surface area (Å²) in [6.45, 7) is 3.01. The number of benzene rings is 1. The molecule has 4 rings (SSSR count). The summed E-state index contributed by atoms with van der Waals surface area (Å²) < 4.78 is 12.2. The van der Waals surface area contributed by atoms with Gasteiger partial charge in [-0.05, 0) is 56.2 Å². The van der Waals surface area contributed by atoms with E-state index >= 15 is 0 Å². The third-order valence-corrected chi connectivity index (χ3v) is 6.47. The van der Waals surface area contributed by atoms with E-state index in [2.05, 4.69) is 10.6 Å². The molecule has 0 spiro atoms. The van der Waals surface area contributed by atoms with Gasteiger partial charge >= 0.3 is 0 Å². The van der Waals surface area contributed by atoms with E-state index in [0.29, 0.717) is 42.4 Å². The Hall–Kier alpha value is -2.61. The second-order valence-corrected chi connectivity index (χ2v) is 9.13. The van der Waals surface area contributed by atoms with Crippen LogP contribution in [0.25, 0.3) is 0 Å². The Balaban J connectivity index is 1.41. The average Bonchev–Trinajstić information content (AvgIpc) is 3.60. The summed E-state index contributed by atoms with van der Waals surface area (Å²) in [5.74, 6) is 0.912. The topological polar surface area (TPSA) is 97.0 Å². The second kappa shape index (κ2) is 9.90. The van der Waals surface area contributed by atoms with Crippen LogP contribution in [0.3, 0.4) is 0 Å². The van der Waals surface area contributed by atoms with Gasteiger partial charge in [-0.15, -0.1) is 0 Å². The highest BCUT2D eigenvalue weighted by molar-refractivity contribution is 5.99. The number of carbonyl (C=O) groups excluding carboxylic acids is 3. The second-order valence-electron chi connectivity index (χ2n) is 9.13. The molecular formula is C24H33N3O5. The lowest BCUT2D eigenvalue weighted by Gasteiger charge is -2.42. The lowest BCUT2D eigenvalue weighted by molar-refractivity contribution is -0.134. The molecule has 174 valence electrons. The van der Waals surface area contributed by atoms with Gasteiger partial charge in [0.25, 0.3) is 5.91 Å². The first-order valence-corrected chi connectivity index (χ1v) is 11.7. The molecule has 1 saturated carbocycles. The summed E-state index contributed by atoms with van der Waals surface area (Å²) in [7, 11) is 1.78. The van der Waals surface area contributed by atoms with Crippen LogP contribution in [0.15, 0.2) is 18.2 Å². The Labute approximate surface area is 189 Å². The summed E-state index contributed by atoms with van der Waals surface area (Å²) in [5.41, 5.74) is 1.02. The predicted octanol–water partition coefficient (Wildman–Crippen LogP) is 2.72.